The van der Waals surface area contributed by atoms with Gasteiger partial charge in [-0.15, -0.1) is 0 Å². The lowest BCUT2D eigenvalue weighted by Gasteiger charge is -2.32. The van der Waals surface area contributed by atoms with Crippen LogP contribution in [-0.4, -0.2) is 35.7 Å². The van der Waals surface area contributed by atoms with Crippen LogP contribution in [0.3, 0.4) is 0 Å². The molecule has 0 saturated carbocycles. The first kappa shape index (κ1) is 14.7. The van der Waals surface area contributed by atoms with Crippen molar-refractivity contribution in [3.63, 3.8) is 0 Å². The number of aliphatic hydroxyl groups excluding tert-OH is 1. The smallest absolute Gasteiger partial charge is 0.295 e. The van der Waals surface area contributed by atoms with Crippen molar-refractivity contribution in [3.8, 4) is 0 Å². The number of carbonyl (C=O) groups excluding carboxylic acids is 3. The van der Waals surface area contributed by atoms with Crippen molar-refractivity contribution in [1.82, 2.24) is 0 Å². The van der Waals surface area contributed by atoms with Gasteiger partial charge in [-0.3, -0.25) is 14.4 Å². The van der Waals surface area contributed by atoms with Crippen molar-refractivity contribution in [2.75, 3.05) is 0 Å². The van der Waals surface area contributed by atoms with Gasteiger partial charge in [-0.2, -0.15) is 0 Å². The molecule has 6 nitrogen and oxygen atoms in total. The fourth-order valence-corrected chi connectivity index (χ4v) is 3.22. The van der Waals surface area contributed by atoms with E-state index in [-0.39, 0.29) is 40.9 Å². The van der Waals surface area contributed by atoms with Gasteiger partial charge in [0.15, 0.2) is 17.9 Å². The maximum atomic E-state index is 12.8. The molecule has 2 aromatic carbocycles. The van der Waals surface area contributed by atoms with Crippen LogP contribution in [-0.2, 0) is 14.3 Å². The van der Waals surface area contributed by atoms with Gasteiger partial charge in [0.25, 0.3) is 6.47 Å². The quantitative estimate of drug-likeness (QED) is 0.847. The Morgan fingerprint density at radius 3 is 2.33 bits per heavy atom. The monoisotopic (exact) mass is 324 g/mol. The Kier molecular flexibility index (Phi) is 3.30. The van der Waals surface area contributed by atoms with E-state index in [1.807, 2.05) is 24.3 Å². The Morgan fingerprint density at radius 1 is 1.08 bits per heavy atom. The molecule has 1 N–H and O–H groups in total. The highest BCUT2D eigenvalue weighted by Crippen LogP contribution is 2.36. The first-order valence-corrected chi connectivity index (χ1v) is 7.38. The van der Waals surface area contributed by atoms with Crippen molar-refractivity contribution in [3.05, 3.63) is 58.7 Å². The molecular weight excluding hydrogens is 312 g/mol. The molecule has 0 fully saturated rings. The average Bonchev–Trinajstić information content (AvgIpc) is 2.58. The highest BCUT2D eigenvalue weighted by molar-refractivity contribution is 6.28. The van der Waals surface area contributed by atoms with E-state index in [2.05, 4.69) is 4.74 Å². The van der Waals surface area contributed by atoms with Crippen molar-refractivity contribution < 1.29 is 29.0 Å². The van der Waals surface area contributed by atoms with Crippen LogP contribution in [0.2, 0.25) is 0 Å². The van der Waals surface area contributed by atoms with Gasteiger partial charge < -0.3 is 14.6 Å². The minimum absolute atomic E-state index is 0.0675. The fourth-order valence-electron chi connectivity index (χ4n) is 3.22. The lowest BCUT2D eigenvalue weighted by molar-refractivity contribution is -0.210. The number of ketones is 2. The molecule has 0 bridgehead atoms. The van der Waals surface area contributed by atoms with Crippen LogP contribution in [0.5, 0.6) is 0 Å². The zero-order valence-corrected chi connectivity index (χ0v) is 12.4. The van der Waals surface area contributed by atoms with Crippen molar-refractivity contribution >= 4 is 28.8 Å². The number of Topliss-reactive ketones (excluding diaryl/α,β-unsaturated/α-hetero) is 2. The Hall–Kier alpha value is -2.83. The molecule has 6 heteroatoms. The number of ether oxygens (including phenoxy) is 2. The third-order valence-electron chi connectivity index (χ3n) is 4.32. The van der Waals surface area contributed by atoms with E-state index in [9.17, 15) is 19.5 Å². The van der Waals surface area contributed by atoms with Crippen molar-refractivity contribution in [2.24, 2.45) is 0 Å². The van der Waals surface area contributed by atoms with E-state index in [0.717, 1.165) is 10.8 Å². The maximum absolute atomic E-state index is 12.8. The number of rotatable bonds is 2. The molecule has 0 radical (unpaired) electrons. The number of hydrogen-bond acceptors (Lipinski definition) is 6. The van der Waals surface area contributed by atoms with Crippen LogP contribution in [0, 0.1) is 0 Å². The third-order valence-corrected chi connectivity index (χ3v) is 4.32. The molecule has 2 unspecified atom stereocenters. The second-order valence-corrected chi connectivity index (χ2v) is 5.65. The van der Waals surface area contributed by atoms with Crippen LogP contribution in [0.25, 0.3) is 10.8 Å². The summed E-state index contributed by atoms with van der Waals surface area (Å²) >= 11 is 0. The topological polar surface area (TPSA) is 89.9 Å². The lowest BCUT2D eigenvalue weighted by atomic mass is 9.80. The van der Waals surface area contributed by atoms with E-state index in [1.54, 1.807) is 12.1 Å². The molecule has 2 aromatic rings. The summed E-state index contributed by atoms with van der Waals surface area (Å²) in [6.45, 7) is 0.180. The predicted molar refractivity (Wildman–Crippen MR) is 82.3 cm³/mol. The SMILES string of the molecule is O=COC1CC2=C(C(=O)c3cc4ccccc4cc3C2=O)C(O)O1. The Morgan fingerprint density at radius 2 is 1.71 bits per heavy atom. The van der Waals surface area contributed by atoms with E-state index >= 15 is 0 Å². The average molecular weight is 324 g/mol. The van der Waals surface area contributed by atoms with Crippen molar-refractivity contribution in [2.45, 2.75) is 19.0 Å². The molecule has 1 aliphatic heterocycles. The molecular formula is C18H12O6. The normalized spacial score (nSPS) is 23.0. The second-order valence-electron chi connectivity index (χ2n) is 5.65. The van der Waals surface area contributed by atoms with Gasteiger partial charge in [-0.05, 0) is 22.9 Å². The number of aliphatic hydroxyl groups is 1. The highest BCUT2D eigenvalue weighted by Gasteiger charge is 2.41. The molecule has 0 aromatic heterocycles. The summed E-state index contributed by atoms with van der Waals surface area (Å²) in [7, 11) is 0. The molecule has 0 spiro atoms. The standard InChI is InChI=1S/C18H12O6/c19-8-23-14-7-13-15(18(22)24-14)17(21)12-6-10-4-2-1-3-9(10)5-11(12)16(13)20/h1-6,8,14,18,22H,7H2. The Bertz CT molecular complexity index is 926. The van der Waals surface area contributed by atoms with Gasteiger partial charge >= 0.3 is 0 Å². The third kappa shape index (κ3) is 2.08. The van der Waals surface area contributed by atoms with Gasteiger partial charge in [-0.1, -0.05) is 24.3 Å². The molecule has 0 amide bonds. The van der Waals surface area contributed by atoms with Crippen LogP contribution < -0.4 is 0 Å². The van der Waals surface area contributed by atoms with E-state index < -0.39 is 18.4 Å². The summed E-state index contributed by atoms with van der Waals surface area (Å²) in [4.78, 5) is 36.0. The minimum atomic E-state index is -1.60. The van der Waals surface area contributed by atoms with Gasteiger partial charge in [0.2, 0.25) is 6.29 Å². The summed E-state index contributed by atoms with van der Waals surface area (Å²) in [5.41, 5.74) is 0.591. The molecule has 0 saturated heterocycles. The second kappa shape index (κ2) is 5.36. The van der Waals surface area contributed by atoms with Gasteiger partial charge in [-0.25, -0.2) is 0 Å². The van der Waals surface area contributed by atoms with Crippen LogP contribution in [0.1, 0.15) is 27.1 Å². The zero-order chi connectivity index (χ0) is 16.8. The number of fused-ring (bicyclic) bond motifs is 2. The zero-order valence-electron chi connectivity index (χ0n) is 12.4. The number of carbonyl (C=O) groups is 3. The lowest BCUT2D eigenvalue weighted by Crippen LogP contribution is -2.39. The summed E-state index contributed by atoms with van der Waals surface area (Å²) in [6.07, 6.45) is -2.76. The van der Waals surface area contributed by atoms with Crippen LogP contribution in [0.15, 0.2) is 47.5 Å². The molecule has 24 heavy (non-hydrogen) atoms. The number of benzene rings is 2. The van der Waals surface area contributed by atoms with Gasteiger partial charge in [0.1, 0.15) is 0 Å². The summed E-state index contributed by atoms with van der Waals surface area (Å²) < 4.78 is 9.77. The fraction of sp³-hybridized carbons (Fsp3) is 0.167. The minimum Gasteiger partial charge on any atom is -0.437 e. The van der Waals surface area contributed by atoms with E-state index in [1.165, 1.54) is 0 Å². The van der Waals surface area contributed by atoms with Crippen LogP contribution in [0.4, 0.5) is 0 Å². The van der Waals surface area contributed by atoms with Gasteiger partial charge in [0.05, 0.1) is 5.57 Å². The highest BCUT2D eigenvalue weighted by atomic mass is 16.7. The van der Waals surface area contributed by atoms with Crippen LogP contribution >= 0.6 is 0 Å². The molecule has 1 heterocycles. The van der Waals surface area contributed by atoms with E-state index in [4.69, 9.17) is 4.74 Å². The first-order valence-electron chi connectivity index (χ1n) is 7.38. The summed E-state index contributed by atoms with van der Waals surface area (Å²) in [6, 6.07) is 10.7. The first-order chi connectivity index (χ1) is 11.6. The van der Waals surface area contributed by atoms with E-state index in [0.29, 0.717) is 0 Å². The Balaban J connectivity index is 1.88. The molecule has 2 atom stereocenters. The maximum Gasteiger partial charge on any atom is 0.295 e. The Labute approximate surface area is 136 Å². The summed E-state index contributed by atoms with van der Waals surface area (Å²) in [5.74, 6) is -0.797. The number of hydrogen-bond donors (Lipinski definition) is 1. The molecule has 120 valence electrons. The molecule has 2 aliphatic rings. The summed E-state index contributed by atoms with van der Waals surface area (Å²) in [5, 5.41) is 11.8. The largest absolute Gasteiger partial charge is 0.437 e. The van der Waals surface area contributed by atoms with Gasteiger partial charge in [0, 0.05) is 23.1 Å². The predicted octanol–water partition coefficient (Wildman–Crippen LogP) is 1.75. The molecule has 4 rings (SSSR count). The van der Waals surface area contributed by atoms with Crippen molar-refractivity contribution in [1.29, 1.82) is 0 Å². The molecule has 1 aliphatic carbocycles.